The number of para-hydroxylation sites is 1. The first-order valence-electron chi connectivity index (χ1n) is 6.82. The highest BCUT2D eigenvalue weighted by Gasteiger charge is 2.32. The van der Waals surface area contributed by atoms with Gasteiger partial charge >= 0.3 is 0 Å². The number of carbonyl (C=O) groups excluding carboxylic acids is 2. The third kappa shape index (κ3) is 3.42. The average Bonchev–Trinajstić information content (AvgIpc) is 3.27. The van der Waals surface area contributed by atoms with E-state index in [1.54, 1.807) is 24.3 Å². The van der Waals surface area contributed by atoms with Gasteiger partial charge in [-0.15, -0.1) is 0 Å². The van der Waals surface area contributed by atoms with Gasteiger partial charge in [-0.05, 0) is 39.3 Å². The van der Waals surface area contributed by atoms with E-state index in [2.05, 4.69) is 5.43 Å². The molecule has 2 amide bonds. The number of nitrogens with one attached hydrogen (secondary N) is 1. The van der Waals surface area contributed by atoms with Crippen LogP contribution in [0.1, 0.15) is 37.6 Å². The van der Waals surface area contributed by atoms with Crippen LogP contribution in [0.25, 0.3) is 0 Å². The molecule has 0 fully saturated rings. The van der Waals surface area contributed by atoms with Gasteiger partial charge in [0.05, 0.1) is 18.2 Å². The number of ether oxygens (including phenoxy) is 1. The second-order valence-electron chi connectivity index (χ2n) is 5.89. The molecule has 0 bridgehead atoms. The van der Waals surface area contributed by atoms with Crippen LogP contribution in [0, 0.1) is 0 Å². The Morgan fingerprint density at radius 1 is 1.24 bits per heavy atom. The minimum absolute atomic E-state index is 0.229. The van der Waals surface area contributed by atoms with E-state index in [0.29, 0.717) is 23.3 Å². The molecule has 5 nitrogen and oxygen atoms in total. The lowest BCUT2D eigenvalue weighted by Crippen LogP contribution is -2.55. The zero-order valence-electron chi connectivity index (χ0n) is 12.8. The molecular weight excluding hydrogens is 268 g/mol. The lowest BCUT2D eigenvalue weighted by Gasteiger charge is -2.35. The van der Waals surface area contributed by atoms with Crippen molar-refractivity contribution in [2.75, 3.05) is 7.11 Å². The van der Waals surface area contributed by atoms with E-state index in [0.717, 1.165) is 0 Å². The van der Waals surface area contributed by atoms with Crippen LogP contribution >= 0.6 is 0 Å². The fourth-order valence-electron chi connectivity index (χ4n) is 1.87. The van der Waals surface area contributed by atoms with Crippen molar-refractivity contribution in [2.45, 2.75) is 32.7 Å². The molecule has 0 heterocycles. The molecule has 5 heteroatoms. The van der Waals surface area contributed by atoms with Crippen LogP contribution in [0.15, 0.2) is 35.9 Å². The summed E-state index contributed by atoms with van der Waals surface area (Å²) in [6.45, 7) is 5.59. The Balaban J connectivity index is 2.29. The minimum Gasteiger partial charge on any atom is -0.496 e. The largest absolute Gasteiger partial charge is 0.496 e. The molecule has 0 saturated heterocycles. The maximum absolute atomic E-state index is 12.8. The number of hydrazine groups is 1. The number of rotatable bonds is 3. The van der Waals surface area contributed by atoms with Crippen LogP contribution in [-0.4, -0.2) is 29.5 Å². The van der Waals surface area contributed by atoms with E-state index >= 15 is 0 Å². The summed E-state index contributed by atoms with van der Waals surface area (Å²) in [5.41, 5.74) is 3.26. The number of carbonyl (C=O) groups is 2. The van der Waals surface area contributed by atoms with Crippen molar-refractivity contribution in [1.82, 2.24) is 10.4 Å². The Morgan fingerprint density at radius 2 is 1.86 bits per heavy atom. The zero-order valence-corrected chi connectivity index (χ0v) is 12.8. The molecule has 1 aromatic rings. The van der Waals surface area contributed by atoms with Gasteiger partial charge in [0.15, 0.2) is 0 Å². The summed E-state index contributed by atoms with van der Waals surface area (Å²) in [6.07, 6.45) is 2.51. The van der Waals surface area contributed by atoms with E-state index in [-0.39, 0.29) is 11.8 Å². The topological polar surface area (TPSA) is 58.6 Å². The molecule has 112 valence electrons. The summed E-state index contributed by atoms with van der Waals surface area (Å²) >= 11 is 0. The van der Waals surface area contributed by atoms with E-state index in [4.69, 9.17) is 4.74 Å². The van der Waals surface area contributed by atoms with Gasteiger partial charge in [-0.25, -0.2) is 5.01 Å². The van der Waals surface area contributed by atoms with Crippen LogP contribution in [0.5, 0.6) is 5.75 Å². The fraction of sp³-hybridized carbons (Fsp3) is 0.375. The molecule has 0 aromatic heterocycles. The molecule has 1 aliphatic rings. The van der Waals surface area contributed by atoms with Crippen molar-refractivity contribution in [3.05, 3.63) is 41.5 Å². The average molecular weight is 288 g/mol. The predicted octanol–water partition coefficient (Wildman–Crippen LogP) is 2.30. The van der Waals surface area contributed by atoms with Gasteiger partial charge < -0.3 is 4.74 Å². The molecule has 2 rings (SSSR count). The molecule has 0 spiro atoms. The SMILES string of the molecule is COc1ccccc1C(=O)N(NC(=O)C1=CC1)C(C)(C)C. The first-order chi connectivity index (χ1) is 9.84. The molecule has 1 aliphatic carbocycles. The second-order valence-corrected chi connectivity index (χ2v) is 5.89. The molecular formula is C16H20N2O3. The predicted molar refractivity (Wildman–Crippen MR) is 79.8 cm³/mol. The Morgan fingerprint density at radius 3 is 2.38 bits per heavy atom. The summed E-state index contributed by atoms with van der Waals surface area (Å²) in [7, 11) is 1.52. The second kappa shape index (κ2) is 5.60. The summed E-state index contributed by atoms with van der Waals surface area (Å²) in [5.74, 6) is -0.0423. The van der Waals surface area contributed by atoms with E-state index in [1.165, 1.54) is 12.1 Å². The van der Waals surface area contributed by atoms with E-state index in [9.17, 15) is 9.59 Å². The highest BCUT2D eigenvalue weighted by atomic mass is 16.5. The van der Waals surface area contributed by atoms with Gasteiger partial charge in [0.1, 0.15) is 5.75 Å². The molecule has 0 saturated carbocycles. The molecule has 21 heavy (non-hydrogen) atoms. The summed E-state index contributed by atoms with van der Waals surface area (Å²) in [5, 5.41) is 1.35. The normalized spacial score (nSPS) is 13.2. The first kappa shape index (κ1) is 15.1. The molecule has 0 unspecified atom stereocenters. The van der Waals surface area contributed by atoms with Crippen molar-refractivity contribution >= 4 is 11.8 Å². The Kier molecular flexibility index (Phi) is 4.02. The highest BCUT2D eigenvalue weighted by Crippen LogP contribution is 2.24. The number of hydrogen-bond acceptors (Lipinski definition) is 3. The van der Waals surface area contributed by atoms with Gasteiger partial charge in [-0.1, -0.05) is 18.2 Å². The van der Waals surface area contributed by atoms with Crippen molar-refractivity contribution < 1.29 is 14.3 Å². The lowest BCUT2D eigenvalue weighted by molar-refractivity contribution is -0.122. The fourth-order valence-corrected chi connectivity index (χ4v) is 1.87. The van der Waals surface area contributed by atoms with Gasteiger partial charge in [0.2, 0.25) is 0 Å². The smallest absolute Gasteiger partial charge is 0.276 e. The summed E-state index contributed by atoms with van der Waals surface area (Å²) < 4.78 is 5.22. The van der Waals surface area contributed by atoms with Gasteiger partial charge in [-0.2, -0.15) is 0 Å². The van der Waals surface area contributed by atoms with E-state index < -0.39 is 5.54 Å². The minimum atomic E-state index is -0.553. The summed E-state index contributed by atoms with van der Waals surface area (Å²) in [4.78, 5) is 24.7. The van der Waals surface area contributed by atoms with Crippen molar-refractivity contribution in [1.29, 1.82) is 0 Å². The number of allylic oxidation sites excluding steroid dienone is 1. The van der Waals surface area contributed by atoms with Crippen molar-refractivity contribution in [3.63, 3.8) is 0 Å². The van der Waals surface area contributed by atoms with Crippen LogP contribution in [0.3, 0.4) is 0 Å². The van der Waals surface area contributed by atoms with Crippen LogP contribution in [0.2, 0.25) is 0 Å². The number of hydrogen-bond donors (Lipinski definition) is 1. The number of methoxy groups -OCH3 is 1. The maximum atomic E-state index is 12.8. The van der Waals surface area contributed by atoms with Gasteiger partial charge in [-0.3, -0.25) is 15.0 Å². The van der Waals surface area contributed by atoms with E-state index in [1.807, 2.05) is 26.8 Å². The molecule has 0 aliphatic heterocycles. The molecule has 1 N–H and O–H groups in total. The quantitative estimate of drug-likeness (QED) is 0.868. The van der Waals surface area contributed by atoms with Gasteiger partial charge in [0, 0.05) is 5.57 Å². The van der Waals surface area contributed by atoms with Crippen LogP contribution in [-0.2, 0) is 4.79 Å². The van der Waals surface area contributed by atoms with Crippen molar-refractivity contribution in [3.8, 4) is 5.75 Å². The molecule has 0 atom stereocenters. The van der Waals surface area contributed by atoms with Crippen LogP contribution in [0.4, 0.5) is 0 Å². The summed E-state index contributed by atoms with van der Waals surface area (Å²) in [6, 6.07) is 6.97. The van der Waals surface area contributed by atoms with Crippen LogP contribution < -0.4 is 10.2 Å². The monoisotopic (exact) mass is 288 g/mol. The molecule has 0 radical (unpaired) electrons. The zero-order chi connectivity index (χ0) is 15.6. The first-order valence-corrected chi connectivity index (χ1v) is 6.82. The highest BCUT2D eigenvalue weighted by molar-refractivity contribution is 6.02. The Bertz CT molecular complexity index is 600. The number of amides is 2. The third-order valence-electron chi connectivity index (χ3n) is 3.12. The number of benzene rings is 1. The Hall–Kier alpha value is -2.30. The third-order valence-corrected chi connectivity index (χ3v) is 3.12. The van der Waals surface area contributed by atoms with Gasteiger partial charge in [0.25, 0.3) is 11.8 Å². The van der Waals surface area contributed by atoms with Crippen molar-refractivity contribution in [2.24, 2.45) is 0 Å². The number of nitrogens with zero attached hydrogens (tertiary/aromatic N) is 1. The standard InChI is InChI=1S/C16H20N2O3/c1-16(2,3)18(17-14(19)11-9-10-11)15(20)12-7-5-6-8-13(12)21-4/h5-9H,10H2,1-4H3,(H,17,19). The maximum Gasteiger partial charge on any atom is 0.276 e. The molecule has 1 aromatic carbocycles. The Labute approximate surface area is 124 Å². The lowest BCUT2D eigenvalue weighted by atomic mass is 10.1.